The molecule has 0 aliphatic carbocycles. The highest BCUT2D eigenvalue weighted by molar-refractivity contribution is 6.01. The number of ether oxygens (including phenoxy) is 1. The van der Waals surface area contributed by atoms with Crippen LogP contribution in [-0.2, 0) is 4.79 Å². The lowest BCUT2D eigenvalue weighted by molar-refractivity contribution is -0.134. The van der Waals surface area contributed by atoms with Crippen molar-refractivity contribution in [1.29, 1.82) is 5.41 Å². The van der Waals surface area contributed by atoms with Crippen LogP contribution in [0.4, 0.5) is 0 Å². The van der Waals surface area contributed by atoms with Crippen LogP contribution in [-0.4, -0.2) is 60.7 Å². The van der Waals surface area contributed by atoms with Crippen LogP contribution in [0.1, 0.15) is 31.2 Å². The first-order chi connectivity index (χ1) is 13.3. The molecule has 0 atom stereocenters. The number of hydrogen-bond acceptors (Lipinski definition) is 4. The molecule has 0 radical (unpaired) electrons. The standard InChI is InChI=1S/C22H27N3O2/c23-15-17-7-8-21(20-6-2-1-5-19(17)20)27-16-22(26)25-13-9-18(10-14-25)24-11-3-4-12-24/h1-2,5-8,15,18,23H,3-4,9-14,16H2. The molecule has 142 valence electrons. The summed E-state index contributed by atoms with van der Waals surface area (Å²) in [6.07, 6.45) is 6.13. The van der Waals surface area contributed by atoms with E-state index in [0.29, 0.717) is 11.8 Å². The van der Waals surface area contributed by atoms with Crippen molar-refractivity contribution in [1.82, 2.24) is 9.80 Å². The van der Waals surface area contributed by atoms with Gasteiger partial charge in [-0.3, -0.25) is 4.79 Å². The summed E-state index contributed by atoms with van der Waals surface area (Å²) < 4.78 is 5.88. The molecule has 0 saturated carbocycles. The van der Waals surface area contributed by atoms with Gasteiger partial charge in [-0.25, -0.2) is 0 Å². The van der Waals surface area contributed by atoms with Gasteiger partial charge in [0, 0.05) is 36.3 Å². The molecule has 0 unspecified atom stereocenters. The zero-order chi connectivity index (χ0) is 18.6. The number of piperidine rings is 1. The molecule has 2 aliphatic heterocycles. The molecule has 27 heavy (non-hydrogen) atoms. The highest BCUT2D eigenvalue weighted by Crippen LogP contribution is 2.28. The third kappa shape index (κ3) is 3.83. The fraction of sp³-hybridized carbons (Fsp3) is 0.455. The van der Waals surface area contributed by atoms with Crippen molar-refractivity contribution in [2.45, 2.75) is 31.7 Å². The van der Waals surface area contributed by atoms with Gasteiger partial charge < -0.3 is 19.9 Å². The minimum absolute atomic E-state index is 0.0649. The Kier molecular flexibility index (Phi) is 5.39. The summed E-state index contributed by atoms with van der Waals surface area (Å²) in [4.78, 5) is 17.1. The van der Waals surface area contributed by atoms with Gasteiger partial charge in [0.2, 0.25) is 0 Å². The van der Waals surface area contributed by atoms with Crippen LogP contribution in [0.3, 0.4) is 0 Å². The van der Waals surface area contributed by atoms with Crippen LogP contribution in [0.5, 0.6) is 5.75 Å². The van der Waals surface area contributed by atoms with Crippen LogP contribution in [0.25, 0.3) is 10.8 Å². The summed E-state index contributed by atoms with van der Waals surface area (Å²) in [5.74, 6) is 0.770. The molecule has 5 nitrogen and oxygen atoms in total. The van der Waals surface area contributed by atoms with Crippen LogP contribution < -0.4 is 4.74 Å². The first kappa shape index (κ1) is 18.0. The van der Waals surface area contributed by atoms with Gasteiger partial charge in [-0.2, -0.15) is 0 Å². The van der Waals surface area contributed by atoms with Crippen molar-refractivity contribution in [2.24, 2.45) is 0 Å². The highest BCUT2D eigenvalue weighted by Gasteiger charge is 2.28. The Morgan fingerprint density at radius 2 is 1.74 bits per heavy atom. The molecular weight excluding hydrogens is 338 g/mol. The second kappa shape index (κ2) is 8.09. The number of fused-ring (bicyclic) bond motifs is 1. The van der Waals surface area contributed by atoms with Crippen molar-refractivity contribution >= 4 is 22.9 Å². The lowest BCUT2D eigenvalue weighted by Gasteiger charge is -2.36. The fourth-order valence-electron chi connectivity index (χ4n) is 4.36. The molecule has 1 N–H and O–H groups in total. The van der Waals surface area contributed by atoms with Gasteiger partial charge in [0.05, 0.1) is 0 Å². The molecule has 2 fully saturated rings. The SMILES string of the molecule is N=Cc1ccc(OCC(=O)N2CCC(N3CCCC3)CC2)c2ccccc12. The Bertz CT molecular complexity index is 821. The Hall–Kier alpha value is -2.40. The molecule has 1 amide bonds. The average Bonchev–Trinajstić information content (AvgIpc) is 3.27. The number of rotatable bonds is 5. The molecule has 2 aromatic carbocycles. The largest absolute Gasteiger partial charge is 0.483 e. The number of amides is 1. The van der Waals surface area contributed by atoms with Crippen LogP contribution >= 0.6 is 0 Å². The van der Waals surface area contributed by atoms with Gasteiger partial charge in [-0.15, -0.1) is 0 Å². The van der Waals surface area contributed by atoms with E-state index >= 15 is 0 Å². The predicted molar refractivity (Wildman–Crippen MR) is 108 cm³/mol. The number of nitrogens with one attached hydrogen (secondary N) is 1. The summed E-state index contributed by atoms with van der Waals surface area (Å²) in [6.45, 7) is 4.18. The van der Waals surface area contributed by atoms with Crippen molar-refractivity contribution in [3.8, 4) is 5.75 Å². The molecule has 5 heteroatoms. The summed E-state index contributed by atoms with van der Waals surface area (Å²) in [5.41, 5.74) is 0.855. The number of carbonyl (C=O) groups is 1. The molecule has 4 rings (SSSR count). The Balaban J connectivity index is 1.36. The number of benzene rings is 2. The number of hydrogen-bond donors (Lipinski definition) is 1. The minimum atomic E-state index is 0.0649. The summed E-state index contributed by atoms with van der Waals surface area (Å²) in [6, 6.07) is 12.2. The van der Waals surface area contributed by atoms with Crippen molar-refractivity contribution < 1.29 is 9.53 Å². The highest BCUT2D eigenvalue weighted by atomic mass is 16.5. The zero-order valence-corrected chi connectivity index (χ0v) is 15.7. The van der Waals surface area contributed by atoms with E-state index in [4.69, 9.17) is 10.1 Å². The van der Waals surface area contributed by atoms with E-state index in [2.05, 4.69) is 4.90 Å². The van der Waals surface area contributed by atoms with Crippen LogP contribution in [0.2, 0.25) is 0 Å². The molecule has 2 saturated heterocycles. The number of nitrogens with zero attached hydrogens (tertiary/aromatic N) is 2. The second-order valence-corrected chi connectivity index (χ2v) is 7.49. The van der Waals surface area contributed by atoms with Gasteiger partial charge in [0.15, 0.2) is 6.61 Å². The lowest BCUT2D eigenvalue weighted by Crippen LogP contribution is -2.47. The molecule has 2 aliphatic rings. The summed E-state index contributed by atoms with van der Waals surface area (Å²) >= 11 is 0. The van der Waals surface area contributed by atoms with Crippen molar-refractivity contribution in [2.75, 3.05) is 32.8 Å². The van der Waals surface area contributed by atoms with Crippen LogP contribution in [0, 0.1) is 5.41 Å². The van der Waals surface area contributed by atoms with Gasteiger partial charge in [0.1, 0.15) is 5.75 Å². The third-order valence-corrected chi connectivity index (χ3v) is 5.90. The topological polar surface area (TPSA) is 56.6 Å². The Morgan fingerprint density at radius 3 is 2.44 bits per heavy atom. The number of carbonyl (C=O) groups excluding carboxylic acids is 1. The second-order valence-electron chi connectivity index (χ2n) is 7.49. The smallest absolute Gasteiger partial charge is 0.260 e. The summed E-state index contributed by atoms with van der Waals surface area (Å²) in [7, 11) is 0. The average molecular weight is 365 g/mol. The van der Waals surface area contributed by atoms with Crippen molar-refractivity contribution in [3.63, 3.8) is 0 Å². The van der Waals surface area contributed by atoms with Gasteiger partial charge in [0.25, 0.3) is 5.91 Å². The van der Waals surface area contributed by atoms with E-state index < -0.39 is 0 Å². The van der Waals surface area contributed by atoms with Gasteiger partial charge in [-0.05, 0) is 56.3 Å². The molecule has 0 spiro atoms. The third-order valence-electron chi connectivity index (χ3n) is 5.90. The van der Waals surface area contributed by atoms with Gasteiger partial charge in [-0.1, -0.05) is 24.3 Å². The maximum absolute atomic E-state index is 12.6. The van der Waals surface area contributed by atoms with E-state index in [-0.39, 0.29) is 12.5 Å². The molecular formula is C22H27N3O2. The monoisotopic (exact) mass is 365 g/mol. The van der Waals surface area contributed by atoms with E-state index in [9.17, 15) is 4.79 Å². The lowest BCUT2D eigenvalue weighted by atomic mass is 10.0. The maximum atomic E-state index is 12.6. The van der Waals surface area contributed by atoms with Crippen LogP contribution in [0.15, 0.2) is 36.4 Å². The first-order valence-corrected chi connectivity index (χ1v) is 9.93. The normalized spacial score (nSPS) is 18.7. The molecule has 0 aromatic heterocycles. The predicted octanol–water partition coefficient (Wildman–Crippen LogP) is 3.30. The molecule has 0 bridgehead atoms. The minimum Gasteiger partial charge on any atom is -0.483 e. The molecule has 2 heterocycles. The van der Waals surface area contributed by atoms with E-state index in [1.54, 1.807) is 0 Å². The quantitative estimate of drug-likeness (QED) is 0.827. The summed E-state index contributed by atoms with van der Waals surface area (Å²) in [5, 5.41) is 9.47. The molecule has 2 aromatic rings. The van der Waals surface area contributed by atoms with E-state index in [0.717, 1.165) is 42.3 Å². The van der Waals surface area contributed by atoms with Gasteiger partial charge >= 0.3 is 0 Å². The zero-order valence-electron chi connectivity index (χ0n) is 15.7. The Morgan fingerprint density at radius 1 is 1.04 bits per heavy atom. The van der Waals surface area contributed by atoms with Crippen molar-refractivity contribution in [3.05, 3.63) is 42.0 Å². The fourth-order valence-corrected chi connectivity index (χ4v) is 4.36. The first-order valence-electron chi connectivity index (χ1n) is 9.93. The maximum Gasteiger partial charge on any atom is 0.260 e. The number of likely N-dealkylation sites (tertiary alicyclic amines) is 2. The van der Waals surface area contributed by atoms with E-state index in [1.807, 2.05) is 41.3 Å². The van der Waals surface area contributed by atoms with E-state index in [1.165, 1.54) is 32.1 Å². The Labute approximate surface area is 160 Å².